The number of hydrogen-bond acceptors (Lipinski definition) is 6. The molecule has 1 saturated heterocycles. The highest BCUT2D eigenvalue weighted by molar-refractivity contribution is 5.44. The van der Waals surface area contributed by atoms with Gasteiger partial charge in [-0.15, -0.1) is 0 Å². The van der Waals surface area contributed by atoms with E-state index in [1.165, 1.54) is 16.7 Å². The molecular weight excluding hydrogens is 440 g/mol. The van der Waals surface area contributed by atoms with Gasteiger partial charge in [0.1, 0.15) is 0 Å². The average molecular weight is 475 g/mol. The Morgan fingerprint density at radius 1 is 0.743 bits per heavy atom. The summed E-state index contributed by atoms with van der Waals surface area (Å²) in [4.78, 5) is 4.78. The molecule has 3 aromatic carbocycles. The second-order valence-corrected chi connectivity index (χ2v) is 9.33. The molecule has 5 rings (SSSR count). The van der Waals surface area contributed by atoms with Crippen molar-refractivity contribution in [1.82, 2.24) is 9.80 Å². The molecule has 1 fully saturated rings. The molecule has 0 radical (unpaired) electrons. The number of fused-ring (bicyclic) bond motifs is 1. The number of piperazine rings is 1. The molecule has 2 aliphatic heterocycles. The number of ether oxygens (including phenoxy) is 3. The summed E-state index contributed by atoms with van der Waals surface area (Å²) >= 11 is 0. The lowest BCUT2D eigenvalue weighted by molar-refractivity contribution is 0.00469. The number of hydrogen-bond donors (Lipinski definition) is 1. The van der Waals surface area contributed by atoms with Crippen molar-refractivity contribution in [3.05, 3.63) is 95.6 Å². The van der Waals surface area contributed by atoms with Crippen molar-refractivity contribution in [2.75, 3.05) is 52.7 Å². The van der Waals surface area contributed by atoms with Gasteiger partial charge in [-0.1, -0.05) is 66.7 Å². The lowest BCUT2D eigenvalue weighted by atomic mass is 9.92. The first-order chi connectivity index (χ1) is 17.2. The van der Waals surface area contributed by atoms with Gasteiger partial charge in [0, 0.05) is 45.2 Å². The maximum atomic E-state index is 10.6. The van der Waals surface area contributed by atoms with Crippen LogP contribution >= 0.6 is 0 Å². The molecule has 3 aromatic rings. The van der Waals surface area contributed by atoms with Gasteiger partial charge in [0.25, 0.3) is 0 Å². The van der Waals surface area contributed by atoms with E-state index in [1.807, 2.05) is 18.2 Å². The fourth-order valence-corrected chi connectivity index (χ4v) is 4.86. The maximum absolute atomic E-state index is 10.6. The highest BCUT2D eigenvalue weighted by Gasteiger charge is 2.21. The number of benzene rings is 3. The van der Waals surface area contributed by atoms with Crippen LogP contribution in [0.25, 0.3) is 0 Å². The van der Waals surface area contributed by atoms with E-state index in [0.29, 0.717) is 26.6 Å². The fourth-order valence-electron chi connectivity index (χ4n) is 4.86. The average Bonchev–Trinajstić information content (AvgIpc) is 3.37. The number of rotatable bonds is 10. The van der Waals surface area contributed by atoms with Crippen molar-refractivity contribution >= 4 is 0 Å². The van der Waals surface area contributed by atoms with E-state index in [9.17, 15) is 5.11 Å². The SMILES string of the molecule is O[C@H](COCC(c1ccccc1)c1ccccc1)CN1CCN(Cc2ccc3c(c2)OCO3)CC1. The van der Waals surface area contributed by atoms with Crippen LogP contribution in [0.2, 0.25) is 0 Å². The molecule has 6 nitrogen and oxygen atoms in total. The fraction of sp³-hybridized carbons (Fsp3) is 0.379. The van der Waals surface area contributed by atoms with Gasteiger partial charge in [-0.3, -0.25) is 9.80 Å². The first-order valence-corrected chi connectivity index (χ1v) is 12.4. The highest BCUT2D eigenvalue weighted by Crippen LogP contribution is 2.33. The predicted octanol–water partition coefficient (Wildman–Crippen LogP) is 3.74. The van der Waals surface area contributed by atoms with Gasteiger partial charge in [0.15, 0.2) is 11.5 Å². The Morgan fingerprint density at radius 2 is 1.37 bits per heavy atom. The lowest BCUT2D eigenvalue weighted by Gasteiger charge is -2.35. The van der Waals surface area contributed by atoms with Crippen molar-refractivity contribution in [2.45, 2.75) is 18.6 Å². The molecule has 0 aromatic heterocycles. The van der Waals surface area contributed by atoms with Crippen molar-refractivity contribution in [1.29, 1.82) is 0 Å². The van der Waals surface area contributed by atoms with Crippen molar-refractivity contribution in [3.63, 3.8) is 0 Å². The van der Waals surface area contributed by atoms with Gasteiger partial charge in [-0.2, -0.15) is 0 Å². The molecule has 6 heteroatoms. The summed E-state index contributed by atoms with van der Waals surface area (Å²) in [5.74, 6) is 1.82. The Labute approximate surface area is 207 Å². The molecule has 0 aliphatic carbocycles. The highest BCUT2D eigenvalue weighted by atomic mass is 16.7. The third kappa shape index (κ3) is 6.41. The van der Waals surface area contributed by atoms with E-state index in [2.05, 4.69) is 70.5 Å². The molecule has 0 amide bonds. The molecular formula is C29H34N2O4. The molecule has 35 heavy (non-hydrogen) atoms. The summed E-state index contributed by atoms with van der Waals surface area (Å²) in [6.45, 7) is 6.58. The van der Waals surface area contributed by atoms with Gasteiger partial charge >= 0.3 is 0 Å². The number of β-amino-alcohol motifs (C(OH)–C–C–N with tert-alkyl or cyclic N) is 1. The van der Waals surface area contributed by atoms with Crippen LogP contribution in [0.4, 0.5) is 0 Å². The third-order valence-corrected chi connectivity index (χ3v) is 6.78. The van der Waals surface area contributed by atoms with E-state index in [4.69, 9.17) is 14.2 Å². The van der Waals surface area contributed by atoms with Crippen LogP contribution in [0.1, 0.15) is 22.6 Å². The largest absolute Gasteiger partial charge is 0.454 e. The van der Waals surface area contributed by atoms with Crippen LogP contribution in [0, 0.1) is 0 Å². The Kier molecular flexibility index (Phi) is 7.96. The van der Waals surface area contributed by atoms with Gasteiger partial charge in [0.2, 0.25) is 6.79 Å². The van der Waals surface area contributed by atoms with Gasteiger partial charge in [-0.05, 0) is 28.8 Å². The summed E-state index contributed by atoms with van der Waals surface area (Å²) in [6, 6.07) is 27.0. The monoisotopic (exact) mass is 474 g/mol. The number of aliphatic hydroxyl groups is 1. The van der Waals surface area contributed by atoms with Crippen molar-refractivity contribution in [2.24, 2.45) is 0 Å². The Balaban J connectivity index is 1.05. The second kappa shape index (κ2) is 11.7. The molecule has 0 bridgehead atoms. The molecule has 184 valence electrons. The van der Waals surface area contributed by atoms with E-state index in [0.717, 1.165) is 44.2 Å². The quantitative estimate of drug-likeness (QED) is 0.483. The minimum Gasteiger partial charge on any atom is -0.454 e. The molecule has 2 heterocycles. The van der Waals surface area contributed by atoms with Crippen LogP contribution in [0.3, 0.4) is 0 Å². The van der Waals surface area contributed by atoms with Crippen molar-refractivity contribution in [3.8, 4) is 11.5 Å². The van der Waals surface area contributed by atoms with Gasteiger partial charge in [-0.25, -0.2) is 0 Å². The summed E-state index contributed by atoms with van der Waals surface area (Å²) < 4.78 is 16.9. The first kappa shape index (κ1) is 23.8. The summed E-state index contributed by atoms with van der Waals surface area (Å²) in [5, 5.41) is 10.6. The van der Waals surface area contributed by atoms with E-state index in [1.54, 1.807) is 0 Å². The second-order valence-electron chi connectivity index (χ2n) is 9.33. The first-order valence-electron chi connectivity index (χ1n) is 12.4. The molecule has 2 aliphatic rings. The molecule has 0 saturated carbocycles. The molecule has 0 unspecified atom stereocenters. The van der Waals surface area contributed by atoms with Crippen molar-refractivity contribution < 1.29 is 19.3 Å². The lowest BCUT2D eigenvalue weighted by Crippen LogP contribution is -2.48. The predicted molar refractivity (Wildman–Crippen MR) is 136 cm³/mol. The van der Waals surface area contributed by atoms with Crippen LogP contribution in [0.15, 0.2) is 78.9 Å². The zero-order chi connectivity index (χ0) is 23.9. The summed E-state index contributed by atoms with van der Waals surface area (Å²) in [5.41, 5.74) is 3.70. The smallest absolute Gasteiger partial charge is 0.231 e. The Morgan fingerprint density at radius 3 is 2.06 bits per heavy atom. The zero-order valence-electron chi connectivity index (χ0n) is 20.1. The standard InChI is InChI=1S/C29H34N2O4/c32-26(20-33-21-27(24-7-3-1-4-8-24)25-9-5-2-6-10-25)19-31-15-13-30(14-16-31)18-23-11-12-28-29(17-23)35-22-34-28/h1-12,17,26-27,32H,13-16,18-22H2/t26-/m0/s1. The third-order valence-electron chi connectivity index (χ3n) is 6.78. The number of aliphatic hydroxyl groups excluding tert-OH is 1. The minimum absolute atomic E-state index is 0.157. The molecule has 1 N–H and O–H groups in total. The Bertz CT molecular complexity index is 1020. The van der Waals surface area contributed by atoms with E-state index < -0.39 is 6.10 Å². The van der Waals surface area contributed by atoms with E-state index in [-0.39, 0.29) is 5.92 Å². The van der Waals surface area contributed by atoms with Gasteiger partial charge in [0.05, 0.1) is 19.3 Å². The molecule has 1 atom stereocenters. The van der Waals surface area contributed by atoms with Gasteiger partial charge < -0.3 is 19.3 Å². The zero-order valence-corrected chi connectivity index (χ0v) is 20.1. The topological polar surface area (TPSA) is 54.4 Å². The molecule has 0 spiro atoms. The van der Waals surface area contributed by atoms with E-state index >= 15 is 0 Å². The summed E-state index contributed by atoms with van der Waals surface area (Å²) in [6.07, 6.45) is -0.498. The maximum Gasteiger partial charge on any atom is 0.231 e. The Hall–Kier alpha value is -2.90. The minimum atomic E-state index is -0.498. The van der Waals surface area contributed by atoms with Crippen LogP contribution in [0.5, 0.6) is 11.5 Å². The number of nitrogens with zero attached hydrogens (tertiary/aromatic N) is 2. The van der Waals surface area contributed by atoms with Crippen LogP contribution < -0.4 is 9.47 Å². The van der Waals surface area contributed by atoms with Crippen LogP contribution in [-0.4, -0.2) is 73.7 Å². The van der Waals surface area contributed by atoms with Crippen LogP contribution in [-0.2, 0) is 11.3 Å². The normalized spacial score (nSPS) is 17.1. The summed E-state index contributed by atoms with van der Waals surface area (Å²) in [7, 11) is 0.